The molecule has 1 heterocycles. The van der Waals surface area contributed by atoms with Crippen LogP contribution in [0.15, 0.2) is 23.6 Å². The Labute approximate surface area is 104 Å². The average Bonchev–Trinajstić information content (AvgIpc) is 2.37. The Morgan fingerprint density at radius 2 is 2.39 bits per heavy atom. The van der Waals surface area contributed by atoms with E-state index in [1.54, 1.807) is 0 Å². The number of rotatable bonds is 5. The maximum Gasteiger partial charge on any atom is 0.253 e. The number of hydrogen-bond donors (Lipinski definition) is 3. The van der Waals surface area contributed by atoms with Crippen LogP contribution in [-0.2, 0) is 0 Å². The van der Waals surface area contributed by atoms with E-state index in [-0.39, 0.29) is 11.4 Å². The van der Waals surface area contributed by atoms with E-state index in [0.717, 1.165) is 18.7 Å². The number of oxime groups is 1. The third-order valence-electron chi connectivity index (χ3n) is 2.32. The van der Waals surface area contributed by atoms with Crippen molar-refractivity contribution >= 4 is 11.7 Å². The molecule has 1 aromatic heterocycles. The molecule has 0 aliphatic heterocycles. The lowest BCUT2D eigenvalue weighted by Gasteiger charge is -2.16. The van der Waals surface area contributed by atoms with Crippen molar-refractivity contribution in [3.63, 3.8) is 0 Å². The van der Waals surface area contributed by atoms with Crippen molar-refractivity contribution in [3.05, 3.63) is 29.8 Å². The monoisotopic (exact) mass is 254 g/mol. The number of hydrogen-bond acceptors (Lipinski definition) is 4. The van der Waals surface area contributed by atoms with Crippen LogP contribution in [0, 0.1) is 5.82 Å². The molecule has 4 N–H and O–H groups in total. The zero-order chi connectivity index (χ0) is 13.5. The van der Waals surface area contributed by atoms with E-state index in [1.165, 1.54) is 6.20 Å². The molecule has 0 saturated carbocycles. The predicted molar refractivity (Wildman–Crippen MR) is 63.8 cm³/mol. The van der Waals surface area contributed by atoms with Gasteiger partial charge in [-0.2, -0.15) is 0 Å². The van der Waals surface area contributed by atoms with Crippen molar-refractivity contribution in [3.8, 4) is 0 Å². The van der Waals surface area contributed by atoms with Gasteiger partial charge in [0.1, 0.15) is 5.82 Å². The molecule has 0 radical (unpaired) electrons. The molecule has 98 valence electrons. The number of aromatic nitrogens is 1. The Hall–Kier alpha value is -2.18. The number of pyridine rings is 1. The van der Waals surface area contributed by atoms with Gasteiger partial charge in [-0.15, -0.1) is 0 Å². The van der Waals surface area contributed by atoms with Gasteiger partial charge in [0.2, 0.25) is 0 Å². The fourth-order valence-corrected chi connectivity index (χ4v) is 1.43. The SMILES string of the molecule is CCCC(NC(=O)c1cncc(F)c1)/C(N)=N/O. The minimum Gasteiger partial charge on any atom is -0.409 e. The van der Waals surface area contributed by atoms with Crippen LogP contribution in [0.4, 0.5) is 4.39 Å². The van der Waals surface area contributed by atoms with E-state index in [9.17, 15) is 9.18 Å². The Balaban J connectivity index is 2.78. The summed E-state index contributed by atoms with van der Waals surface area (Å²) in [5, 5.41) is 14.0. The van der Waals surface area contributed by atoms with Gasteiger partial charge in [-0.3, -0.25) is 9.78 Å². The van der Waals surface area contributed by atoms with Gasteiger partial charge >= 0.3 is 0 Å². The smallest absolute Gasteiger partial charge is 0.253 e. The van der Waals surface area contributed by atoms with Crippen LogP contribution in [0.3, 0.4) is 0 Å². The van der Waals surface area contributed by atoms with Crippen LogP contribution in [0.25, 0.3) is 0 Å². The second kappa shape index (κ2) is 6.53. The van der Waals surface area contributed by atoms with Crippen LogP contribution in [0.2, 0.25) is 0 Å². The summed E-state index contributed by atoms with van der Waals surface area (Å²) in [4.78, 5) is 15.4. The van der Waals surface area contributed by atoms with Crippen LogP contribution < -0.4 is 11.1 Å². The van der Waals surface area contributed by atoms with Gasteiger partial charge in [0.05, 0.1) is 17.8 Å². The molecule has 0 fully saturated rings. The lowest BCUT2D eigenvalue weighted by molar-refractivity contribution is 0.0944. The molecule has 0 aromatic carbocycles. The molecule has 0 saturated heterocycles. The number of nitrogens with one attached hydrogen (secondary N) is 1. The van der Waals surface area contributed by atoms with E-state index in [2.05, 4.69) is 15.5 Å². The number of nitrogens with zero attached hydrogens (tertiary/aromatic N) is 2. The maximum absolute atomic E-state index is 12.9. The molecule has 0 aliphatic rings. The van der Waals surface area contributed by atoms with E-state index in [1.807, 2.05) is 6.92 Å². The van der Waals surface area contributed by atoms with E-state index >= 15 is 0 Å². The number of amides is 1. The normalized spacial score (nSPS) is 13.1. The first-order valence-electron chi connectivity index (χ1n) is 5.47. The van der Waals surface area contributed by atoms with Gasteiger partial charge in [0.15, 0.2) is 5.84 Å². The van der Waals surface area contributed by atoms with Gasteiger partial charge in [0.25, 0.3) is 5.91 Å². The first-order chi connectivity index (χ1) is 8.58. The second-order valence-electron chi connectivity index (χ2n) is 3.73. The van der Waals surface area contributed by atoms with Gasteiger partial charge in [0, 0.05) is 6.20 Å². The third kappa shape index (κ3) is 3.69. The van der Waals surface area contributed by atoms with Crippen molar-refractivity contribution in [1.82, 2.24) is 10.3 Å². The molecular formula is C11H15FN4O2. The highest BCUT2D eigenvalue weighted by Gasteiger charge is 2.17. The fraction of sp³-hybridized carbons (Fsp3) is 0.364. The molecule has 0 bridgehead atoms. The van der Waals surface area contributed by atoms with Crippen LogP contribution in [0.1, 0.15) is 30.1 Å². The summed E-state index contributed by atoms with van der Waals surface area (Å²) >= 11 is 0. The summed E-state index contributed by atoms with van der Waals surface area (Å²) < 4.78 is 12.9. The van der Waals surface area contributed by atoms with E-state index in [4.69, 9.17) is 10.9 Å². The molecule has 1 unspecified atom stereocenters. The molecule has 1 rings (SSSR count). The van der Waals surface area contributed by atoms with Crippen molar-refractivity contribution in [2.75, 3.05) is 0 Å². The lowest BCUT2D eigenvalue weighted by atomic mass is 10.1. The lowest BCUT2D eigenvalue weighted by Crippen LogP contribution is -2.44. The molecule has 1 aromatic rings. The first kappa shape index (κ1) is 13.9. The summed E-state index contributed by atoms with van der Waals surface area (Å²) in [6, 6.07) is 0.480. The zero-order valence-corrected chi connectivity index (χ0v) is 9.93. The Kier molecular flexibility index (Phi) is 5.04. The van der Waals surface area contributed by atoms with Crippen molar-refractivity contribution in [2.45, 2.75) is 25.8 Å². The minimum absolute atomic E-state index is 0.0850. The van der Waals surface area contributed by atoms with Crippen molar-refractivity contribution in [2.24, 2.45) is 10.9 Å². The van der Waals surface area contributed by atoms with E-state index in [0.29, 0.717) is 6.42 Å². The van der Waals surface area contributed by atoms with Crippen molar-refractivity contribution in [1.29, 1.82) is 0 Å². The summed E-state index contributed by atoms with van der Waals surface area (Å²) in [5.41, 5.74) is 5.54. The number of carbonyl (C=O) groups excluding carboxylic acids is 1. The number of halogens is 1. The highest BCUT2D eigenvalue weighted by molar-refractivity contribution is 5.97. The molecule has 6 nitrogen and oxygen atoms in total. The molecule has 7 heteroatoms. The second-order valence-corrected chi connectivity index (χ2v) is 3.73. The number of amidine groups is 1. The highest BCUT2D eigenvalue weighted by Crippen LogP contribution is 2.03. The average molecular weight is 254 g/mol. The van der Waals surface area contributed by atoms with Crippen LogP contribution in [-0.4, -0.2) is 28.0 Å². The van der Waals surface area contributed by atoms with Crippen LogP contribution in [0.5, 0.6) is 0 Å². The predicted octanol–water partition coefficient (Wildman–Crippen LogP) is 0.866. The molecular weight excluding hydrogens is 239 g/mol. The Morgan fingerprint density at radius 1 is 1.67 bits per heavy atom. The standard InChI is InChI=1S/C11H15FN4O2/c1-2-3-9(10(13)16-18)15-11(17)7-4-8(12)6-14-5-7/h4-6,9,18H,2-3H2,1H3,(H2,13,16)(H,15,17). The maximum atomic E-state index is 12.9. The first-order valence-corrected chi connectivity index (χ1v) is 5.47. The Bertz CT molecular complexity index is 450. The third-order valence-corrected chi connectivity index (χ3v) is 2.32. The van der Waals surface area contributed by atoms with E-state index < -0.39 is 17.8 Å². The minimum atomic E-state index is -0.599. The topological polar surface area (TPSA) is 101 Å². The van der Waals surface area contributed by atoms with Crippen LogP contribution >= 0.6 is 0 Å². The number of nitrogens with two attached hydrogens (primary N) is 1. The number of carbonyl (C=O) groups is 1. The van der Waals surface area contributed by atoms with Crippen molar-refractivity contribution < 1.29 is 14.4 Å². The highest BCUT2D eigenvalue weighted by atomic mass is 19.1. The molecule has 0 aliphatic carbocycles. The molecule has 0 spiro atoms. The van der Waals surface area contributed by atoms with Gasteiger partial charge in [-0.05, 0) is 12.5 Å². The largest absolute Gasteiger partial charge is 0.409 e. The molecule has 18 heavy (non-hydrogen) atoms. The fourth-order valence-electron chi connectivity index (χ4n) is 1.43. The molecule has 1 amide bonds. The molecule has 1 atom stereocenters. The summed E-state index contributed by atoms with van der Waals surface area (Å²) in [6.45, 7) is 1.90. The quantitative estimate of drug-likeness (QED) is 0.314. The Morgan fingerprint density at radius 3 is 2.94 bits per heavy atom. The van der Waals surface area contributed by atoms with Gasteiger partial charge in [-0.1, -0.05) is 18.5 Å². The van der Waals surface area contributed by atoms with Gasteiger partial charge in [-0.25, -0.2) is 4.39 Å². The van der Waals surface area contributed by atoms with Gasteiger partial charge < -0.3 is 16.3 Å². The summed E-state index contributed by atoms with van der Waals surface area (Å²) in [6.07, 6.45) is 3.50. The summed E-state index contributed by atoms with van der Waals surface area (Å²) in [5.74, 6) is -1.21. The zero-order valence-electron chi connectivity index (χ0n) is 9.93. The summed E-state index contributed by atoms with van der Waals surface area (Å²) in [7, 11) is 0.